The lowest BCUT2D eigenvalue weighted by Crippen LogP contribution is -2.07. The molecule has 1 aromatic heterocycles. The maximum absolute atomic E-state index is 12.4. The molecule has 0 unspecified atom stereocenters. The van der Waals surface area contributed by atoms with Gasteiger partial charge in [-0.1, -0.05) is 17.7 Å². The number of hydrogen-bond donors (Lipinski definition) is 1. The molecule has 1 aromatic carbocycles. The number of nitrogens with zero attached hydrogens (tertiary/aromatic N) is 1. The van der Waals surface area contributed by atoms with E-state index >= 15 is 0 Å². The molecular formula is C23H27NO6. The van der Waals surface area contributed by atoms with Crippen molar-refractivity contribution in [3.05, 3.63) is 52.2 Å². The predicted molar refractivity (Wildman–Crippen MR) is 115 cm³/mol. The molecule has 0 spiro atoms. The van der Waals surface area contributed by atoms with E-state index in [2.05, 4.69) is 4.98 Å². The monoisotopic (exact) mass is 413 g/mol. The van der Waals surface area contributed by atoms with Crippen LogP contribution in [0, 0.1) is 0 Å². The van der Waals surface area contributed by atoms with Gasteiger partial charge in [0.2, 0.25) is 5.88 Å². The fourth-order valence-electron chi connectivity index (χ4n) is 2.82. The Hall–Kier alpha value is -3.48. The summed E-state index contributed by atoms with van der Waals surface area (Å²) < 4.78 is 20.8. The van der Waals surface area contributed by atoms with E-state index in [4.69, 9.17) is 18.9 Å². The molecule has 0 bridgehead atoms. The zero-order chi connectivity index (χ0) is 22.3. The number of aromatic hydroxyl groups is 1. The summed E-state index contributed by atoms with van der Waals surface area (Å²) in [6, 6.07) is 5.06. The van der Waals surface area contributed by atoms with Gasteiger partial charge in [0.1, 0.15) is 22.8 Å². The number of hydrogen-bond acceptors (Lipinski definition) is 7. The van der Waals surface area contributed by atoms with E-state index in [0.717, 1.165) is 5.57 Å². The third-order valence-electron chi connectivity index (χ3n) is 4.39. The van der Waals surface area contributed by atoms with Crippen LogP contribution in [0.2, 0.25) is 0 Å². The van der Waals surface area contributed by atoms with E-state index in [1.807, 2.05) is 19.9 Å². The summed E-state index contributed by atoms with van der Waals surface area (Å²) >= 11 is 0. The van der Waals surface area contributed by atoms with Crippen LogP contribution in [0.25, 0.3) is 12.2 Å². The molecule has 30 heavy (non-hydrogen) atoms. The molecule has 7 nitrogen and oxygen atoms in total. The van der Waals surface area contributed by atoms with Crippen molar-refractivity contribution in [2.24, 2.45) is 0 Å². The summed E-state index contributed by atoms with van der Waals surface area (Å²) in [5.41, 5.74) is 2.63. The van der Waals surface area contributed by atoms with Gasteiger partial charge in [-0.3, -0.25) is 0 Å². The number of ether oxygens (including phenoxy) is 4. The molecule has 0 saturated carbocycles. The minimum Gasteiger partial charge on any atom is -0.507 e. The van der Waals surface area contributed by atoms with E-state index in [9.17, 15) is 9.90 Å². The highest BCUT2D eigenvalue weighted by Crippen LogP contribution is 2.36. The van der Waals surface area contributed by atoms with Gasteiger partial charge < -0.3 is 24.1 Å². The van der Waals surface area contributed by atoms with Crippen molar-refractivity contribution >= 4 is 18.1 Å². The van der Waals surface area contributed by atoms with Crippen molar-refractivity contribution in [1.82, 2.24) is 4.98 Å². The van der Waals surface area contributed by atoms with Gasteiger partial charge in [-0.2, -0.15) is 0 Å². The number of esters is 1. The molecule has 0 atom stereocenters. The van der Waals surface area contributed by atoms with Crippen molar-refractivity contribution in [2.75, 3.05) is 28.4 Å². The Labute approximate surface area is 176 Å². The lowest BCUT2D eigenvalue weighted by atomic mass is 9.97. The highest BCUT2D eigenvalue weighted by atomic mass is 16.5. The third-order valence-corrected chi connectivity index (χ3v) is 4.39. The van der Waals surface area contributed by atoms with Gasteiger partial charge >= 0.3 is 5.97 Å². The second kappa shape index (κ2) is 10.3. The van der Waals surface area contributed by atoms with Gasteiger partial charge in [0, 0.05) is 17.7 Å². The summed E-state index contributed by atoms with van der Waals surface area (Å²) in [5.74, 6) is 0.610. The Balaban J connectivity index is 2.61. The largest absolute Gasteiger partial charge is 0.507 e. The summed E-state index contributed by atoms with van der Waals surface area (Å²) in [5, 5.41) is 10.9. The van der Waals surface area contributed by atoms with E-state index in [0.29, 0.717) is 40.6 Å². The first-order chi connectivity index (χ1) is 14.3. The Morgan fingerprint density at radius 3 is 2.33 bits per heavy atom. The van der Waals surface area contributed by atoms with Crippen LogP contribution in [0.3, 0.4) is 0 Å². The van der Waals surface area contributed by atoms with Gasteiger partial charge in [0.05, 0.1) is 34.1 Å². The summed E-state index contributed by atoms with van der Waals surface area (Å²) in [6.45, 7) is 3.91. The first-order valence-electron chi connectivity index (χ1n) is 9.27. The Morgan fingerprint density at radius 1 is 1.03 bits per heavy atom. The van der Waals surface area contributed by atoms with Crippen molar-refractivity contribution in [2.45, 2.75) is 20.3 Å². The van der Waals surface area contributed by atoms with E-state index in [-0.39, 0.29) is 11.3 Å². The quantitative estimate of drug-likeness (QED) is 0.510. The molecule has 0 fully saturated rings. The number of allylic oxidation sites excluding steroid dienone is 2. The van der Waals surface area contributed by atoms with Crippen LogP contribution in [0.1, 0.15) is 41.0 Å². The molecule has 0 radical (unpaired) electrons. The number of phenolic OH excluding ortho intramolecular Hbond substituents is 1. The van der Waals surface area contributed by atoms with Crippen LogP contribution in [0.4, 0.5) is 0 Å². The van der Waals surface area contributed by atoms with Crippen LogP contribution in [0.5, 0.6) is 23.1 Å². The molecule has 0 aliphatic rings. The third kappa shape index (κ3) is 5.31. The fraction of sp³-hybridized carbons (Fsp3) is 0.304. The van der Waals surface area contributed by atoms with E-state index in [1.54, 1.807) is 37.5 Å². The average Bonchev–Trinajstić information content (AvgIpc) is 2.75. The summed E-state index contributed by atoms with van der Waals surface area (Å²) in [4.78, 5) is 16.8. The standard InChI is InChI=1S/C23H27NO6/c1-14(2)7-10-18-19(28-4)11-15(21(22(18)25)23(26)30-6)8-9-16-12-17(27-3)13-20(24-16)29-5/h7-9,11-13,25H,10H2,1-6H3. The van der Waals surface area contributed by atoms with Gasteiger partial charge in [0.15, 0.2) is 0 Å². The summed E-state index contributed by atoms with van der Waals surface area (Å²) in [6.07, 6.45) is 5.70. The van der Waals surface area contributed by atoms with Crippen LogP contribution in [0.15, 0.2) is 29.8 Å². The van der Waals surface area contributed by atoms with Crippen LogP contribution < -0.4 is 14.2 Å². The number of rotatable bonds is 8. The minimum atomic E-state index is -0.649. The molecule has 1 heterocycles. The molecule has 2 aromatic rings. The smallest absolute Gasteiger partial charge is 0.342 e. The zero-order valence-electron chi connectivity index (χ0n) is 18.1. The number of methoxy groups -OCH3 is 4. The van der Waals surface area contributed by atoms with Crippen LogP contribution in [-0.4, -0.2) is 44.5 Å². The van der Waals surface area contributed by atoms with E-state index in [1.165, 1.54) is 21.3 Å². The van der Waals surface area contributed by atoms with Gasteiger partial charge in [0.25, 0.3) is 0 Å². The highest BCUT2D eigenvalue weighted by Gasteiger charge is 2.22. The first-order valence-corrected chi connectivity index (χ1v) is 9.27. The SMILES string of the molecule is COC(=O)c1c(C=Cc2cc(OC)cc(OC)n2)cc(OC)c(CC=C(C)C)c1O. The molecule has 2 rings (SSSR count). The molecule has 7 heteroatoms. The second-order valence-corrected chi connectivity index (χ2v) is 6.65. The molecular weight excluding hydrogens is 386 g/mol. The fourth-order valence-corrected chi connectivity index (χ4v) is 2.82. The zero-order valence-corrected chi connectivity index (χ0v) is 18.1. The Morgan fingerprint density at radius 2 is 1.77 bits per heavy atom. The van der Waals surface area contributed by atoms with E-state index < -0.39 is 5.97 Å². The predicted octanol–water partition coefficient (Wildman–Crippen LogP) is 4.28. The minimum absolute atomic E-state index is 0.0570. The van der Waals surface area contributed by atoms with Crippen molar-refractivity contribution in [1.29, 1.82) is 0 Å². The molecule has 0 saturated heterocycles. The first kappa shape index (κ1) is 22.8. The lowest BCUT2D eigenvalue weighted by molar-refractivity contribution is 0.0597. The number of carbonyl (C=O) groups excluding carboxylic acids is 1. The Kier molecular flexibility index (Phi) is 7.86. The number of phenols is 1. The number of pyridine rings is 1. The van der Waals surface area contributed by atoms with Gasteiger partial charge in [-0.25, -0.2) is 9.78 Å². The molecule has 0 amide bonds. The number of carbonyl (C=O) groups is 1. The van der Waals surface area contributed by atoms with Crippen molar-refractivity contribution in [3.63, 3.8) is 0 Å². The Bertz CT molecular complexity index is 952. The van der Waals surface area contributed by atoms with Crippen molar-refractivity contribution in [3.8, 4) is 23.1 Å². The van der Waals surface area contributed by atoms with Crippen LogP contribution >= 0.6 is 0 Å². The van der Waals surface area contributed by atoms with Crippen molar-refractivity contribution < 1.29 is 28.8 Å². The average molecular weight is 413 g/mol. The van der Waals surface area contributed by atoms with Crippen LogP contribution in [-0.2, 0) is 11.2 Å². The molecule has 0 aliphatic heterocycles. The van der Waals surface area contributed by atoms with Gasteiger partial charge in [-0.05, 0) is 38.0 Å². The normalized spacial score (nSPS) is 10.6. The maximum Gasteiger partial charge on any atom is 0.342 e. The number of aromatic nitrogens is 1. The number of benzene rings is 1. The molecule has 160 valence electrons. The second-order valence-electron chi connectivity index (χ2n) is 6.65. The lowest BCUT2D eigenvalue weighted by Gasteiger charge is -2.15. The molecule has 0 aliphatic carbocycles. The topological polar surface area (TPSA) is 87.1 Å². The highest BCUT2D eigenvalue weighted by molar-refractivity contribution is 5.98. The summed E-state index contributed by atoms with van der Waals surface area (Å²) in [7, 11) is 5.84. The van der Waals surface area contributed by atoms with Gasteiger partial charge in [-0.15, -0.1) is 0 Å². The maximum atomic E-state index is 12.4. The molecule has 1 N–H and O–H groups in total.